The SMILES string of the molecule is Cn1cnc2ccnc(SCc3c(Cl)cccc3Cl)c21. The summed E-state index contributed by atoms with van der Waals surface area (Å²) in [7, 11) is 1.96. The van der Waals surface area contributed by atoms with Gasteiger partial charge >= 0.3 is 0 Å². The number of imidazole rings is 1. The van der Waals surface area contributed by atoms with Gasteiger partial charge in [-0.3, -0.25) is 0 Å². The van der Waals surface area contributed by atoms with Crippen LogP contribution in [-0.2, 0) is 12.8 Å². The normalized spacial score (nSPS) is 11.2. The summed E-state index contributed by atoms with van der Waals surface area (Å²) < 4.78 is 1.97. The van der Waals surface area contributed by atoms with Crippen molar-refractivity contribution < 1.29 is 0 Å². The topological polar surface area (TPSA) is 30.7 Å². The maximum Gasteiger partial charge on any atom is 0.122 e. The molecule has 0 atom stereocenters. The van der Waals surface area contributed by atoms with E-state index >= 15 is 0 Å². The minimum atomic E-state index is 0.676. The number of pyridine rings is 1. The molecule has 3 rings (SSSR count). The van der Waals surface area contributed by atoms with Gasteiger partial charge in [-0.25, -0.2) is 9.97 Å². The van der Waals surface area contributed by atoms with E-state index in [1.54, 1.807) is 24.3 Å². The van der Waals surface area contributed by atoms with Gasteiger partial charge in [0, 0.05) is 29.0 Å². The van der Waals surface area contributed by atoms with E-state index in [-0.39, 0.29) is 0 Å². The van der Waals surface area contributed by atoms with Crippen LogP contribution in [-0.4, -0.2) is 14.5 Å². The summed E-state index contributed by atoms with van der Waals surface area (Å²) in [5.41, 5.74) is 2.90. The van der Waals surface area contributed by atoms with E-state index in [2.05, 4.69) is 9.97 Å². The first-order chi connectivity index (χ1) is 9.66. The van der Waals surface area contributed by atoms with Crippen LogP contribution in [0, 0.1) is 0 Å². The zero-order valence-corrected chi connectivity index (χ0v) is 13.0. The summed E-state index contributed by atoms with van der Waals surface area (Å²) in [4.78, 5) is 8.76. The van der Waals surface area contributed by atoms with Crippen LogP contribution in [0.2, 0.25) is 10.0 Å². The van der Waals surface area contributed by atoms with Gasteiger partial charge in [-0.15, -0.1) is 0 Å². The van der Waals surface area contributed by atoms with E-state index in [0.717, 1.165) is 21.6 Å². The van der Waals surface area contributed by atoms with Crippen molar-refractivity contribution in [3.63, 3.8) is 0 Å². The largest absolute Gasteiger partial charge is 0.332 e. The van der Waals surface area contributed by atoms with Crippen molar-refractivity contribution in [2.75, 3.05) is 0 Å². The molecule has 0 unspecified atom stereocenters. The second-order valence-corrected chi connectivity index (χ2v) is 6.11. The second-order valence-electron chi connectivity index (χ2n) is 4.33. The maximum atomic E-state index is 6.19. The highest BCUT2D eigenvalue weighted by Gasteiger charge is 2.11. The van der Waals surface area contributed by atoms with Gasteiger partial charge in [0.05, 0.1) is 11.8 Å². The number of nitrogens with zero attached hydrogens (tertiary/aromatic N) is 3. The molecule has 0 bridgehead atoms. The van der Waals surface area contributed by atoms with Crippen molar-refractivity contribution in [1.82, 2.24) is 14.5 Å². The molecule has 0 spiro atoms. The Labute approximate surface area is 130 Å². The van der Waals surface area contributed by atoms with Crippen molar-refractivity contribution in [3.8, 4) is 0 Å². The highest BCUT2D eigenvalue weighted by Crippen LogP contribution is 2.33. The fourth-order valence-corrected chi connectivity index (χ4v) is 3.79. The van der Waals surface area contributed by atoms with Crippen molar-refractivity contribution in [3.05, 3.63) is 52.4 Å². The lowest BCUT2D eigenvalue weighted by molar-refractivity contribution is 0.927. The van der Waals surface area contributed by atoms with Gasteiger partial charge in [0.2, 0.25) is 0 Å². The predicted octanol–water partition coefficient (Wildman–Crippen LogP) is 4.57. The Kier molecular flexibility index (Phi) is 3.87. The second kappa shape index (κ2) is 5.64. The summed E-state index contributed by atoms with van der Waals surface area (Å²) in [6.45, 7) is 0. The van der Waals surface area contributed by atoms with Crippen LogP contribution in [0.5, 0.6) is 0 Å². The van der Waals surface area contributed by atoms with Gasteiger partial charge in [0.15, 0.2) is 0 Å². The predicted molar refractivity (Wildman–Crippen MR) is 84.5 cm³/mol. The van der Waals surface area contributed by atoms with E-state index in [1.807, 2.05) is 35.9 Å². The quantitative estimate of drug-likeness (QED) is 0.661. The molecule has 2 heterocycles. The molecule has 0 aliphatic heterocycles. The lowest BCUT2D eigenvalue weighted by atomic mass is 10.2. The van der Waals surface area contributed by atoms with E-state index in [1.165, 1.54) is 0 Å². The van der Waals surface area contributed by atoms with Crippen LogP contribution < -0.4 is 0 Å². The van der Waals surface area contributed by atoms with Gasteiger partial charge in [-0.1, -0.05) is 41.0 Å². The van der Waals surface area contributed by atoms with Gasteiger partial charge in [0.1, 0.15) is 10.5 Å². The smallest absolute Gasteiger partial charge is 0.122 e. The Morgan fingerprint density at radius 2 is 1.90 bits per heavy atom. The number of halogens is 2. The molecule has 3 aromatic rings. The highest BCUT2D eigenvalue weighted by molar-refractivity contribution is 7.98. The standard InChI is InChI=1S/C14H11Cl2N3S/c1-19-8-18-12-5-6-17-14(13(12)19)20-7-9-10(15)3-2-4-11(9)16/h2-6,8H,7H2,1H3. The zero-order valence-electron chi connectivity index (χ0n) is 10.7. The number of hydrogen-bond donors (Lipinski definition) is 0. The van der Waals surface area contributed by atoms with Crippen molar-refractivity contribution in [2.45, 2.75) is 10.8 Å². The van der Waals surface area contributed by atoms with Crippen molar-refractivity contribution in [2.24, 2.45) is 7.05 Å². The average molecular weight is 324 g/mol. The molecule has 1 aromatic carbocycles. The lowest BCUT2D eigenvalue weighted by Crippen LogP contribution is -1.91. The summed E-state index contributed by atoms with van der Waals surface area (Å²) >= 11 is 14.0. The third-order valence-electron chi connectivity index (χ3n) is 3.01. The van der Waals surface area contributed by atoms with E-state index in [9.17, 15) is 0 Å². The maximum absolute atomic E-state index is 6.19. The van der Waals surface area contributed by atoms with Crippen LogP contribution in [0.3, 0.4) is 0 Å². The van der Waals surface area contributed by atoms with Crippen molar-refractivity contribution in [1.29, 1.82) is 0 Å². The van der Waals surface area contributed by atoms with Gasteiger partial charge in [0.25, 0.3) is 0 Å². The molecule has 3 nitrogen and oxygen atoms in total. The van der Waals surface area contributed by atoms with Crippen LogP contribution in [0.4, 0.5) is 0 Å². The number of hydrogen-bond acceptors (Lipinski definition) is 3. The first-order valence-corrected chi connectivity index (χ1v) is 7.72. The number of thioether (sulfide) groups is 1. The summed E-state index contributed by atoms with van der Waals surface area (Å²) in [5, 5.41) is 2.29. The molecular weight excluding hydrogens is 313 g/mol. The minimum Gasteiger partial charge on any atom is -0.332 e. The Morgan fingerprint density at radius 3 is 2.65 bits per heavy atom. The van der Waals surface area contributed by atoms with Crippen LogP contribution in [0.15, 0.2) is 41.8 Å². The average Bonchev–Trinajstić information content (AvgIpc) is 2.81. The van der Waals surface area contributed by atoms with Crippen molar-refractivity contribution >= 4 is 46.0 Å². The molecule has 2 aromatic heterocycles. The molecule has 6 heteroatoms. The van der Waals surface area contributed by atoms with Crippen LogP contribution in [0.1, 0.15) is 5.56 Å². The third-order valence-corrected chi connectivity index (χ3v) is 4.72. The molecule has 0 fully saturated rings. The fraction of sp³-hybridized carbons (Fsp3) is 0.143. The van der Waals surface area contributed by atoms with E-state index in [4.69, 9.17) is 23.2 Å². The van der Waals surface area contributed by atoms with Crippen LogP contribution >= 0.6 is 35.0 Å². The number of aryl methyl sites for hydroxylation is 1. The summed E-state index contributed by atoms with van der Waals surface area (Å²) in [5.74, 6) is 0.676. The molecule has 102 valence electrons. The molecule has 0 aliphatic rings. The highest BCUT2D eigenvalue weighted by atomic mass is 35.5. The summed E-state index contributed by atoms with van der Waals surface area (Å²) in [6, 6.07) is 7.45. The van der Waals surface area contributed by atoms with Gasteiger partial charge < -0.3 is 4.57 Å². The number of benzene rings is 1. The fourth-order valence-electron chi connectivity index (χ4n) is 1.98. The Morgan fingerprint density at radius 1 is 1.15 bits per heavy atom. The molecule has 0 saturated carbocycles. The first-order valence-electron chi connectivity index (χ1n) is 5.98. The van der Waals surface area contributed by atoms with Gasteiger partial charge in [-0.2, -0.15) is 0 Å². The molecular formula is C14H11Cl2N3S. The first kappa shape index (κ1) is 13.7. The third kappa shape index (κ3) is 2.51. The number of fused-ring (bicyclic) bond motifs is 1. The Hall–Kier alpha value is -1.23. The molecule has 0 amide bonds. The molecule has 0 saturated heterocycles. The molecule has 0 radical (unpaired) electrons. The van der Waals surface area contributed by atoms with Gasteiger partial charge in [-0.05, 0) is 23.8 Å². The minimum absolute atomic E-state index is 0.676. The van der Waals surface area contributed by atoms with E-state index < -0.39 is 0 Å². The Bertz CT molecular complexity index is 750. The number of rotatable bonds is 3. The summed E-state index contributed by atoms with van der Waals surface area (Å²) in [6.07, 6.45) is 3.56. The lowest BCUT2D eigenvalue weighted by Gasteiger charge is -2.07. The molecule has 0 aliphatic carbocycles. The van der Waals surface area contributed by atoms with E-state index in [0.29, 0.717) is 15.8 Å². The zero-order chi connectivity index (χ0) is 14.1. The molecule has 20 heavy (non-hydrogen) atoms. The Balaban J connectivity index is 1.93. The monoisotopic (exact) mass is 323 g/mol. The van der Waals surface area contributed by atoms with Crippen LogP contribution in [0.25, 0.3) is 11.0 Å². The number of aromatic nitrogens is 3. The molecule has 0 N–H and O–H groups in total.